The predicted molar refractivity (Wildman–Crippen MR) is 103 cm³/mol. The maximum atomic E-state index is 12.6. The van der Waals surface area contributed by atoms with Crippen molar-refractivity contribution in [3.8, 4) is 22.6 Å². The minimum Gasteiger partial charge on any atom is -0.415 e. The van der Waals surface area contributed by atoms with Crippen molar-refractivity contribution in [1.29, 1.82) is 0 Å². The Balaban J connectivity index is 1.44. The van der Waals surface area contributed by atoms with Gasteiger partial charge in [-0.3, -0.25) is 4.98 Å². The van der Waals surface area contributed by atoms with Crippen LogP contribution in [0, 0.1) is 0 Å². The first-order valence-electron chi connectivity index (χ1n) is 8.76. The molecule has 0 radical (unpaired) electrons. The molecule has 0 aliphatic rings. The fraction of sp³-hybridized carbons (Fsp3) is 0.0526. The van der Waals surface area contributed by atoms with Crippen molar-refractivity contribution < 1.29 is 13.2 Å². The van der Waals surface area contributed by atoms with Gasteiger partial charge >= 0.3 is 6.43 Å². The van der Waals surface area contributed by atoms with Gasteiger partial charge in [0.05, 0.1) is 22.9 Å². The summed E-state index contributed by atoms with van der Waals surface area (Å²) in [5.41, 5.74) is 4.63. The maximum absolute atomic E-state index is 12.6. The van der Waals surface area contributed by atoms with Crippen LogP contribution in [-0.4, -0.2) is 35.1 Å². The van der Waals surface area contributed by atoms with E-state index in [2.05, 4.69) is 40.4 Å². The molecule has 1 aromatic carbocycles. The topological polar surface area (TPSA) is 118 Å². The zero-order chi connectivity index (χ0) is 20.5. The summed E-state index contributed by atoms with van der Waals surface area (Å²) in [6.07, 6.45) is 5.05. The van der Waals surface area contributed by atoms with Crippen LogP contribution in [0.4, 0.5) is 20.4 Å². The van der Waals surface area contributed by atoms with E-state index in [9.17, 15) is 8.78 Å². The van der Waals surface area contributed by atoms with Gasteiger partial charge in [-0.1, -0.05) is 0 Å². The number of benzene rings is 1. The first kappa shape index (κ1) is 17.8. The SMILES string of the molecule is FC(F)c1nnc(-c2cnc(Nc3cc(-c4ccncc4)c4nc[nH]c4c3)nc2)o1. The number of nitrogens with zero attached hydrogens (tertiary/aromatic N) is 6. The summed E-state index contributed by atoms with van der Waals surface area (Å²) < 4.78 is 30.1. The molecule has 0 unspecified atom stereocenters. The average molecular weight is 406 g/mol. The van der Waals surface area contributed by atoms with Gasteiger partial charge in [0.25, 0.3) is 11.8 Å². The van der Waals surface area contributed by atoms with Gasteiger partial charge in [-0.25, -0.2) is 15.0 Å². The van der Waals surface area contributed by atoms with E-state index in [-0.39, 0.29) is 5.89 Å². The van der Waals surface area contributed by atoms with Gasteiger partial charge in [0, 0.05) is 36.0 Å². The van der Waals surface area contributed by atoms with Crippen molar-refractivity contribution in [2.45, 2.75) is 6.43 Å². The Morgan fingerprint density at radius 2 is 1.77 bits per heavy atom. The van der Waals surface area contributed by atoms with Crippen LogP contribution in [0.25, 0.3) is 33.6 Å². The smallest absolute Gasteiger partial charge is 0.314 e. The molecule has 0 aliphatic heterocycles. The first-order chi connectivity index (χ1) is 14.7. The quantitative estimate of drug-likeness (QED) is 0.447. The van der Waals surface area contributed by atoms with E-state index in [1.54, 1.807) is 18.7 Å². The minimum atomic E-state index is -2.83. The molecule has 0 spiro atoms. The van der Waals surface area contributed by atoms with E-state index in [1.807, 2.05) is 24.3 Å². The maximum Gasteiger partial charge on any atom is 0.314 e. The molecule has 30 heavy (non-hydrogen) atoms. The van der Waals surface area contributed by atoms with Crippen LogP contribution in [0.2, 0.25) is 0 Å². The van der Waals surface area contributed by atoms with Crippen molar-refractivity contribution in [3.05, 3.63) is 61.3 Å². The normalized spacial score (nSPS) is 11.3. The second kappa shape index (κ2) is 7.28. The van der Waals surface area contributed by atoms with Crippen LogP contribution in [-0.2, 0) is 0 Å². The lowest BCUT2D eigenvalue weighted by Gasteiger charge is -2.09. The summed E-state index contributed by atoms with van der Waals surface area (Å²) in [6, 6.07) is 7.62. The monoisotopic (exact) mass is 406 g/mol. The molecule has 4 aromatic heterocycles. The van der Waals surface area contributed by atoms with Gasteiger partial charge in [0.15, 0.2) is 0 Å². The van der Waals surface area contributed by atoms with E-state index in [1.165, 1.54) is 12.4 Å². The van der Waals surface area contributed by atoms with E-state index in [4.69, 9.17) is 4.42 Å². The van der Waals surface area contributed by atoms with Gasteiger partial charge in [-0.15, -0.1) is 10.2 Å². The van der Waals surface area contributed by atoms with Crippen molar-refractivity contribution in [2.24, 2.45) is 0 Å². The number of hydrogen-bond donors (Lipinski definition) is 2. The third-order valence-electron chi connectivity index (χ3n) is 4.30. The molecular formula is C19H12F2N8O. The number of halogens is 2. The Morgan fingerprint density at radius 1 is 0.967 bits per heavy atom. The number of imidazole rings is 1. The number of H-pyrrole nitrogens is 1. The van der Waals surface area contributed by atoms with Gasteiger partial charge in [0.2, 0.25) is 5.95 Å². The lowest BCUT2D eigenvalue weighted by atomic mass is 10.0. The lowest BCUT2D eigenvalue weighted by molar-refractivity contribution is 0.116. The van der Waals surface area contributed by atoms with Gasteiger partial charge in [0.1, 0.15) is 0 Å². The standard InChI is InChI=1S/C19H12F2N8O/c20-16(21)18-29-28-17(30-18)11-7-23-19(24-8-11)27-12-5-13(10-1-3-22-4-2-10)15-14(6-12)25-9-26-15/h1-9,16H,(H,25,26)(H,23,24,27). The number of aromatic nitrogens is 7. The average Bonchev–Trinajstić information content (AvgIpc) is 3.44. The Hall–Kier alpha value is -4.28. The summed E-state index contributed by atoms with van der Waals surface area (Å²) in [5, 5.41) is 10.0. The molecule has 0 aliphatic carbocycles. The summed E-state index contributed by atoms with van der Waals surface area (Å²) in [5.74, 6) is -0.508. The number of anilines is 2. The van der Waals surface area contributed by atoms with Gasteiger partial charge in [-0.05, 0) is 29.8 Å². The fourth-order valence-electron chi connectivity index (χ4n) is 2.95. The van der Waals surface area contributed by atoms with Crippen LogP contribution >= 0.6 is 0 Å². The number of aromatic amines is 1. The van der Waals surface area contributed by atoms with Crippen LogP contribution in [0.1, 0.15) is 12.3 Å². The Labute approximate surface area is 167 Å². The molecule has 2 N–H and O–H groups in total. The molecule has 0 saturated carbocycles. The van der Waals surface area contributed by atoms with E-state index in [0.717, 1.165) is 27.8 Å². The van der Waals surface area contributed by atoms with Gasteiger partial charge in [-0.2, -0.15) is 8.78 Å². The summed E-state index contributed by atoms with van der Waals surface area (Å²) in [6.45, 7) is 0. The zero-order valence-corrected chi connectivity index (χ0v) is 15.1. The Kier molecular flexibility index (Phi) is 4.32. The highest BCUT2D eigenvalue weighted by atomic mass is 19.3. The Morgan fingerprint density at radius 3 is 2.50 bits per heavy atom. The second-order valence-electron chi connectivity index (χ2n) is 6.22. The summed E-state index contributed by atoms with van der Waals surface area (Å²) in [4.78, 5) is 19.9. The van der Waals surface area contributed by atoms with Crippen molar-refractivity contribution >= 4 is 22.7 Å². The fourth-order valence-corrected chi connectivity index (χ4v) is 2.95. The number of nitrogens with one attached hydrogen (secondary N) is 2. The predicted octanol–water partition coefficient (Wildman–Crippen LogP) is 4.15. The molecular weight excluding hydrogens is 394 g/mol. The van der Waals surface area contributed by atoms with Crippen LogP contribution in [0.5, 0.6) is 0 Å². The van der Waals surface area contributed by atoms with Crippen LogP contribution in [0.15, 0.2) is 59.8 Å². The molecule has 0 amide bonds. The van der Waals surface area contributed by atoms with Gasteiger partial charge < -0.3 is 14.7 Å². The molecule has 0 atom stereocenters. The van der Waals surface area contributed by atoms with Crippen LogP contribution < -0.4 is 5.32 Å². The molecule has 0 saturated heterocycles. The summed E-state index contributed by atoms with van der Waals surface area (Å²) >= 11 is 0. The van der Waals surface area contributed by atoms with Crippen LogP contribution in [0.3, 0.4) is 0 Å². The lowest BCUT2D eigenvalue weighted by Crippen LogP contribution is -1.97. The third-order valence-corrected chi connectivity index (χ3v) is 4.30. The first-order valence-corrected chi connectivity index (χ1v) is 8.76. The van der Waals surface area contributed by atoms with E-state index in [0.29, 0.717) is 11.5 Å². The number of hydrogen-bond acceptors (Lipinski definition) is 8. The number of alkyl halides is 2. The number of rotatable bonds is 5. The molecule has 5 rings (SSSR count). The van der Waals surface area contributed by atoms with Crippen molar-refractivity contribution in [3.63, 3.8) is 0 Å². The van der Waals surface area contributed by atoms with E-state index < -0.39 is 12.3 Å². The van der Waals surface area contributed by atoms with E-state index >= 15 is 0 Å². The highest BCUT2D eigenvalue weighted by Crippen LogP contribution is 2.31. The Bertz CT molecular complexity index is 1300. The molecule has 4 heterocycles. The molecule has 0 bridgehead atoms. The molecule has 148 valence electrons. The second-order valence-corrected chi connectivity index (χ2v) is 6.22. The molecule has 0 fully saturated rings. The number of pyridine rings is 1. The van der Waals surface area contributed by atoms with Crippen molar-refractivity contribution in [2.75, 3.05) is 5.32 Å². The highest BCUT2D eigenvalue weighted by Gasteiger charge is 2.17. The largest absolute Gasteiger partial charge is 0.415 e. The molecule has 5 aromatic rings. The zero-order valence-electron chi connectivity index (χ0n) is 15.1. The molecule has 11 heteroatoms. The van der Waals surface area contributed by atoms with Crippen molar-refractivity contribution in [1.82, 2.24) is 35.1 Å². The number of fused-ring (bicyclic) bond motifs is 1. The third kappa shape index (κ3) is 3.32. The minimum absolute atomic E-state index is 0.0734. The highest BCUT2D eigenvalue weighted by molar-refractivity contribution is 5.95. The summed E-state index contributed by atoms with van der Waals surface area (Å²) in [7, 11) is 0. The molecule has 9 nitrogen and oxygen atoms in total.